The molecule has 0 atom stereocenters. The lowest BCUT2D eigenvalue weighted by molar-refractivity contribution is 0.174. The van der Waals surface area contributed by atoms with Gasteiger partial charge >= 0.3 is 5.76 Å². The predicted octanol–water partition coefficient (Wildman–Crippen LogP) is 1.66. The number of benzene rings is 2. The zero-order chi connectivity index (χ0) is 16.9. The molecule has 0 amide bonds. The lowest BCUT2D eigenvalue weighted by Gasteiger charge is -2.09. The highest BCUT2D eigenvalue weighted by molar-refractivity contribution is 7.92. The van der Waals surface area contributed by atoms with Gasteiger partial charge in [-0.05, 0) is 30.3 Å². The summed E-state index contributed by atoms with van der Waals surface area (Å²) in [4.78, 5) is 11.5. The minimum absolute atomic E-state index is 0.0177. The van der Waals surface area contributed by atoms with Crippen molar-refractivity contribution in [3.8, 4) is 11.5 Å². The van der Waals surface area contributed by atoms with Crippen molar-refractivity contribution < 1.29 is 22.3 Å². The second-order valence-corrected chi connectivity index (χ2v) is 6.91. The zero-order valence-electron chi connectivity index (χ0n) is 12.5. The first kappa shape index (κ1) is 14.6. The topological polar surface area (TPSA) is 99.8 Å². The molecule has 0 saturated heterocycles. The summed E-state index contributed by atoms with van der Waals surface area (Å²) in [5, 5.41) is 0. The Labute approximate surface area is 136 Å². The quantitative estimate of drug-likeness (QED) is 0.773. The fourth-order valence-corrected chi connectivity index (χ4v) is 3.52. The van der Waals surface area contributed by atoms with Crippen LogP contribution in [-0.2, 0) is 17.1 Å². The number of hydrogen-bond acceptors (Lipinski definition) is 6. The average Bonchev–Trinajstić information content (AvgIpc) is 3.11. The van der Waals surface area contributed by atoms with Gasteiger partial charge < -0.3 is 13.9 Å². The monoisotopic (exact) mass is 348 g/mol. The highest BCUT2D eigenvalue weighted by atomic mass is 32.2. The minimum atomic E-state index is -3.83. The molecule has 9 heteroatoms. The number of aromatic nitrogens is 1. The van der Waals surface area contributed by atoms with Crippen LogP contribution < -0.4 is 20.0 Å². The van der Waals surface area contributed by atoms with Crippen LogP contribution in [0.15, 0.2) is 50.5 Å². The van der Waals surface area contributed by atoms with Crippen LogP contribution in [0.25, 0.3) is 11.1 Å². The Balaban J connectivity index is 1.72. The lowest BCUT2D eigenvalue weighted by Crippen LogP contribution is -2.13. The number of ether oxygens (including phenoxy) is 2. The number of hydrogen-bond donors (Lipinski definition) is 1. The van der Waals surface area contributed by atoms with Gasteiger partial charge in [0.1, 0.15) is 0 Å². The van der Waals surface area contributed by atoms with Gasteiger partial charge in [0, 0.05) is 13.1 Å². The van der Waals surface area contributed by atoms with E-state index in [1.54, 1.807) is 18.2 Å². The van der Waals surface area contributed by atoms with Crippen LogP contribution in [0.3, 0.4) is 0 Å². The molecule has 0 saturated carbocycles. The standard InChI is InChI=1S/C15H12N2O6S/c1-17-11-7-10(3-5-12(11)23-15(17)18)24(19,20)16-9-2-4-13-14(6-9)22-8-21-13/h2-7,16H,8H2,1H3. The van der Waals surface area contributed by atoms with Crippen LogP contribution in [0.2, 0.25) is 0 Å². The van der Waals surface area contributed by atoms with E-state index in [0.29, 0.717) is 28.3 Å². The van der Waals surface area contributed by atoms with E-state index in [1.165, 1.54) is 29.8 Å². The van der Waals surface area contributed by atoms with E-state index in [-0.39, 0.29) is 11.7 Å². The van der Waals surface area contributed by atoms with Crippen LogP contribution >= 0.6 is 0 Å². The number of sulfonamides is 1. The summed E-state index contributed by atoms with van der Waals surface area (Å²) in [5.41, 5.74) is 1.07. The van der Waals surface area contributed by atoms with Crippen molar-refractivity contribution in [3.05, 3.63) is 46.9 Å². The molecule has 24 heavy (non-hydrogen) atoms. The molecule has 1 aliphatic heterocycles. The third-order valence-electron chi connectivity index (χ3n) is 3.70. The van der Waals surface area contributed by atoms with Gasteiger partial charge in [-0.2, -0.15) is 0 Å². The number of fused-ring (bicyclic) bond motifs is 2. The molecule has 2 heterocycles. The van der Waals surface area contributed by atoms with Gasteiger partial charge in [0.05, 0.1) is 16.1 Å². The van der Waals surface area contributed by atoms with E-state index in [4.69, 9.17) is 13.9 Å². The van der Waals surface area contributed by atoms with E-state index in [9.17, 15) is 13.2 Å². The zero-order valence-corrected chi connectivity index (χ0v) is 13.3. The Morgan fingerprint density at radius 3 is 2.71 bits per heavy atom. The highest BCUT2D eigenvalue weighted by Gasteiger charge is 2.19. The molecule has 0 aliphatic carbocycles. The van der Waals surface area contributed by atoms with Gasteiger partial charge in [-0.15, -0.1) is 0 Å². The van der Waals surface area contributed by atoms with Gasteiger partial charge in [-0.1, -0.05) is 0 Å². The maximum absolute atomic E-state index is 12.6. The van der Waals surface area contributed by atoms with Crippen molar-refractivity contribution in [3.63, 3.8) is 0 Å². The number of rotatable bonds is 3. The number of nitrogens with one attached hydrogen (secondary N) is 1. The van der Waals surface area contributed by atoms with Crippen LogP contribution in [-0.4, -0.2) is 19.8 Å². The van der Waals surface area contributed by atoms with Crippen molar-refractivity contribution in [1.82, 2.24) is 4.57 Å². The van der Waals surface area contributed by atoms with E-state index < -0.39 is 15.8 Å². The van der Waals surface area contributed by atoms with Crippen LogP contribution in [0.5, 0.6) is 11.5 Å². The molecule has 0 bridgehead atoms. The number of aryl methyl sites for hydroxylation is 1. The minimum Gasteiger partial charge on any atom is -0.454 e. The maximum Gasteiger partial charge on any atom is 0.419 e. The van der Waals surface area contributed by atoms with E-state index >= 15 is 0 Å². The summed E-state index contributed by atoms with van der Waals surface area (Å²) in [7, 11) is -2.32. The summed E-state index contributed by atoms with van der Waals surface area (Å²) in [6.07, 6.45) is 0. The van der Waals surface area contributed by atoms with Crippen LogP contribution in [0.1, 0.15) is 0 Å². The molecular formula is C15H12N2O6S. The number of nitrogens with zero attached hydrogens (tertiary/aromatic N) is 1. The summed E-state index contributed by atoms with van der Waals surface area (Å²) < 4.78 is 44.3. The smallest absolute Gasteiger partial charge is 0.419 e. The molecule has 1 aromatic heterocycles. The largest absolute Gasteiger partial charge is 0.454 e. The van der Waals surface area contributed by atoms with Crippen molar-refractivity contribution in [2.45, 2.75) is 4.90 Å². The van der Waals surface area contributed by atoms with E-state index in [0.717, 1.165) is 0 Å². The highest BCUT2D eigenvalue weighted by Crippen LogP contribution is 2.34. The van der Waals surface area contributed by atoms with Crippen LogP contribution in [0, 0.1) is 0 Å². The first-order valence-corrected chi connectivity index (χ1v) is 8.44. The Kier molecular flexibility index (Phi) is 3.07. The van der Waals surface area contributed by atoms with Gasteiger partial charge in [0.25, 0.3) is 10.0 Å². The molecule has 8 nitrogen and oxygen atoms in total. The van der Waals surface area contributed by atoms with Gasteiger partial charge in [-0.3, -0.25) is 9.29 Å². The molecule has 1 N–H and O–H groups in total. The molecule has 0 spiro atoms. The number of anilines is 1. The summed E-state index contributed by atoms with van der Waals surface area (Å²) >= 11 is 0. The summed E-state index contributed by atoms with van der Waals surface area (Å²) in [6, 6.07) is 8.97. The van der Waals surface area contributed by atoms with Gasteiger partial charge in [0.15, 0.2) is 17.1 Å². The first-order chi connectivity index (χ1) is 11.4. The van der Waals surface area contributed by atoms with Crippen molar-refractivity contribution in [2.24, 2.45) is 7.05 Å². The summed E-state index contributed by atoms with van der Waals surface area (Å²) in [6.45, 7) is 0.108. The van der Waals surface area contributed by atoms with Gasteiger partial charge in [-0.25, -0.2) is 13.2 Å². The average molecular weight is 348 g/mol. The van der Waals surface area contributed by atoms with Crippen molar-refractivity contribution >= 4 is 26.8 Å². The molecular weight excluding hydrogens is 336 g/mol. The molecule has 3 aromatic rings. The Morgan fingerprint density at radius 1 is 1.08 bits per heavy atom. The van der Waals surface area contributed by atoms with Gasteiger partial charge in [0.2, 0.25) is 6.79 Å². The lowest BCUT2D eigenvalue weighted by atomic mass is 10.3. The second kappa shape index (κ2) is 5.03. The third-order valence-corrected chi connectivity index (χ3v) is 5.08. The fraction of sp³-hybridized carbons (Fsp3) is 0.133. The molecule has 0 unspecified atom stereocenters. The van der Waals surface area contributed by atoms with E-state index in [2.05, 4.69) is 4.72 Å². The Morgan fingerprint density at radius 2 is 1.88 bits per heavy atom. The molecule has 0 fully saturated rings. The molecule has 1 aliphatic rings. The van der Waals surface area contributed by atoms with Crippen molar-refractivity contribution in [1.29, 1.82) is 0 Å². The molecule has 2 aromatic carbocycles. The normalized spacial score (nSPS) is 13.4. The SMILES string of the molecule is Cn1c(=O)oc2ccc(S(=O)(=O)Nc3ccc4c(c3)OCO4)cc21. The van der Waals surface area contributed by atoms with E-state index in [1.807, 2.05) is 0 Å². The first-order valence-electron chi connectivity index (χ1n) is 6.96. The number of oxazole rings is 1. The van der Waals surface area contributed by atoms with Crippen molar-refractivity contribution in [2.75, 3.05) is 11.5 Å². The maximum atomic E-state index is 12.6. The predicted molar refractivity (Wildman–Crippen MR) is 84.8 cm³/mol. The fourth-order valence-electron chi connectivity index (χ4n) is 2.45. The Bertz CT molecular complexity index is 1110. The summed E-state index contributed by atoms with van der Waals surface area (Å²) in [5.74, 6) is 0.485. The Hall–Kier alpha value is -2.94. The van der Waals surface area contributed by atoms with Crippen LogP contribution in [0.4, 0.5) is 5.69 Å². The second-order valence-electron chi connectivity index (χ2n) is 5.23. The third kappa shape index (κ3) is 2.29. The molecule has 4 rings (SSSR count). The molecule has 124 valence electrons. The molecule has 0 radical (unpaired) electrons.